The number of rotatable bonds is 2. The molecule has 1 aromatic rings. The van der Waals surface area contributed by atoms with Gasteiger partial charge in [-0.15, -0.1) is 0 Å². The predicted molar refractivity (Wildman–Crippen MR) is 74.2 cm³/mol. The Kier molecular flexibility index (Phi) is 4.07. The molecule has 0 fully saturated rings. The number of hydrogen-bond acceptors (Lipinski definition) is 0. The molecule has 0 saturated heterocycles. The second-order valence-electron chi connectivity index (χ2n) is 5.34. The van der Waals surface area contributed by atoms with Crippen LogP contribution < -0.4 is 0 Å². The third-order valence-corrected chi connectivity index (χ3v) is 4.30. The zero-order valence-corrected chi connectivity index (χ0v) is 11.9. The Bertz CT molecular complexity index is 354. The van der Waals surface area contributed by atoms with Crippen molar-refractivity contribution in [2.75, 3.05) is 0 Å². The Hall–Kier alpha value is -0.300. The highest BCUT2D eigenvalue weighted by Crippen LogP contribution is 2.35. The zero-order valence-electron chi connectivity index (χ0n) is 10.3. The van der Waals surface area contributed by atoms with Crippen molar-refractivity contribution in [2.24, 2.45) is 5.92 Å². The maximum atomic E-state index is 3.84. The van der Waals surface area contributed by atoms with Crippen LogP contribution in [0.1, 0.15) is 54.6 Å². The molecule has 0 heterocycles. The minimum Gasteiger partial charge on any atom is -0.0839 e. The lowest BCUT2D eigenvalue weighted by atomic mass is 9.96. The monoisotopic (exact) mass is 280 g/mol. The fourth-order valence-corrected chi connectivity index (χ4v) is 3.31. The molecule has 0 bridgehead atoms. The lowest BCUT2D eigenvalue weighted by molar-refractivity contribution is 0.646. The molecule has 0 amide bonds. The molecule has 0 aromatic heterocycles. The third-order valence-electron chi connectivity index (χ3n) is 3.35. The molecule has 0 spiro atoms. The SMILES string of the molecule is CC(C)Cc1ccc2c(c1)C(Br)CCCC2. The van der Waals surface area contributed by atoms with Crippen LogP contribution in [0, 0.1) is 5.92 Å². The summed E-state index contributed by atoms with van der Waals surface area (Å²) >= 11 is 3.84. The summed E-state index contributed by atoms with van der Waals surface area (Å²) in [6.07, 6.45) is 6.45. The molecule has 88 valence electrons. The van der Waals surface area contributed by atoms with Crippen molar-refractivity contribution >= 4 is 15.9 Å². The molecule has 0 aliphatic heterocycles. The van der Waals surface area contributed by atoms with Crippen molar-refractivity contribution < 1.29 is 0 Å². The van der Waals surface area contributed by atoms with Gasteiger partial charge in [0.05, 0.1) is 0 Å². The summed E-state index contributed by atoms with van der Waals surface area (Å²) in [4.78, 5) is 0.581. The molecule has 1 aliphatic rings. The van der Waals surface area contributed by atoms with E-state index >= 15 is 0 Å². The van der Waals surface area contributed by atoms with Gasteiger partial charge < -0.3 is 0 Å². The van der Waals surface area contributed by atoms with Crippen LogP contribution in [0.25, 0.3) is 0 Å². The van der Waals surface area contributed by atoms with Gasteiger partial charge in [-0.1, -0.05) is 54.4 Å². The molecule has 2 rings (SSSR count). The molecule has 1 aliphatic carbocycles. The molecule has 0 N–H and O–H groups in total. The molecular weight excluding hydrogens is 260 g/mol. The normalized spacial score (nSPS) is 20.6. The lowest BCUT2D eigenvalue weighted by Gasteiger charge is -2.14. The van der Waals surface area contributed by atoms with E-state index in [1.54, 1.807) is 11.1 Å². The topological polar surface area (TPSA) is 0 Å². The summed E-state index contributed by atoms with van der Waals surface area (Å²) in [5, 5.41) is 0. The number of aryl methyl sites for hydroxylation is 1. The summed E-state index contributed by atoms with van der Waals surface area (Å²) < 4.78 is 0. The third kappa shape index (κ3) is 2.88. The Morgan fingerprint density at radius 1 is 1.31 bits per heavy atom. The van der Waals surface area contributed by atoms with Crippen molar-refractivity contribution in [3.05, 3.63) is 34.9 Å². The molecule has 16 heavy (non-hydrogen) atoms. The van der Waals surface area contributed by atoms with Crippen LogP contribution in [0.2, 0.25) is 0 Å². The molecule has 0 radical (unpaired) electrons. The zero-order chi connectivity index (χ0) is 11.5. The van der Waals surface area contributed by atoms with Crippen molar-refractivity contribution in [3.8, 4) is 0 Å². The van der Waals surface area contributed by atoms with Gasteiger partial charge in [0.25, 0.3) is 0 Å². The van der Waals surface area contributed by atoms with Gasteiger partial charge in [-0.3, -0.25) is 0 Å². The number of alkyl halides is 1. The first kappa shape index (κ1) is 12.2. The molecule has 1 heteroatoms. The van der Waals surface area contributed by atoms with E-state index < -0.39 is 0 Å². The van der Waals surface area contributed by atoms with Crippen LogP contribution in [-0.4, -0.2) is 0 Å². The van der Waals surface area contributed by atoms with Gasteiger partial charge in [-0.25, -0.2) is 0 Å². The van der Waals surface area contributed by atoms with Gasteiger partial charge in [0.2, 0.25) is 0 Å². The molecule has 1 aromatic carbocycles. The summed E-state index contributed by atoms with van der Waals surface area (Å²) in [5.74, 6) is 0.748. The lowest BCUT2D eigenvalue weighted by Crippen LogP contribution is -1.99. The molecular formula is C15H21Br. The van der Waals surface area contributed by atoms with E-state index in [1.165, 1.54) is 37.7 Å². The maximum absolute atomic E-state index is 3.84. The largest absolute Gasteiger partial charge is 0.0839 e. The second-order valence-corrected chi connectivity index (χ2v) is 6.45. The van der Waals surface area contributed by atoms with Gasteiger partial charge in [-0.2, -0.15) is 0 Å². The minimum absolute atomic E-state index is 0.581. The molecule has 0 saturated carbocycles. The molecule has 0 nitrogen and oxygen atoms in total. The minimum atomic E-state index is 0.581. The quantitative estimate of drug-likeness (QED) is 0.526. The van der Waals surface area contributed by atoms with E-state index in [4.69, 9.17) is 0 Å². The van der Waals surface area contributed by atoms with Crippen LogP contribution in [0.3, 0.4) is 0 Å². The van der Waals surface area contributed by atoms with Crippen molar-refractivity contribution in [2.45, 2.75) is 50.8 Å². The predicted octanol–water partition coefficient (Wildman–Crippen LogP) is 5.05. The first-order valence-electron chi connectivity index (χ1n) is 6.42. The first-order valence-corrected chi connectivity index (χ1v) is 7.34. The van der Waals surface area contributed by atoms with Crippen LogP contribution in [0.4, 0.5) is 0 Å². The fourth-order valence-electron chi connectivity index (χ4n) is 2.56. The average molecular weight is 281 g/mol. The second kappa shape index (κ2) is 5.35. The summed E-state index contributed by atoms with van der Waals surface area (Å²) in [5.41, 5.74) is 4.61. The van der Waals surface area contributed by atoms with Crippen LogP contribution in [0.5, 0.6) is 0 Å². The van der Waals surface area contributed by atoms with Crippen molar-refractivity contribution in [3.63, 3.8) is 0 Å². The van der Waals surface area contributed by atoms with Crippen LogP contribution >= 0.6 is 15.9 Å². The highest BCUT2D eigenvalue weighted by atomic mass is 79.9. The number of benzene rings is 1. The number of halogens is 1. The highest BCUT2D eigenvalue weighted by Gasteiger charge is 2.16. The Morgan fingerprint density at radius 3 is 2.88 bits per heavy atom. The first-order chi connectivity index (χ1) is 7.66. The Labute approximate surface area is 108 Å². The molecule has 1 unspecified atom stereocenters. The summed E-state index contributed by atoms with van der Waals surface area (Å²) in [6, 6.07) is 7.11. The van der Waals surface area contributed by atoms with Gasteiger partial charge in [0.1, 0.15) is 0 Å². The van der Waals surface area contributed by atoms with E-state index in [0.29, 0.717) is 4.83 Å². The average Bonchev–Trinajstić information content (AvgIpc) is 2.41. The highest BCUT2D eigenvalue weighted by molar-refractivity contribution is 9.09. The number of hydrogen-bond donors (Lipinski definition) is 0. The van der Waals surface area contributed by atoms with E-state index in [2.05, 4.69) is 48.0 Å². The fraction of sp³-hybridized carbons (Fsp3) is 0.600. The molecule has 1 atom stereocenters. The maximum Gasteiger partial charge on any atom is 0.0398 e. The van der Waals surface area contributed by atoms with E-state index in [9.17, 15) is 0 Å². The number of fused-ring (bicyclic) bond motifs is 1. The van der Waals surface area contributed by atoms with Gasteiger partial charge in [0, 0.05) is 4.83 Å². The van der Waals surface area contributed by atoms with Gasteiger partial charge in [-0.05, 0) is 48.3 Å². The van der Waals surface area contributed by atoms with E-state index in [0.717, 1.165) is 5.92 Å². The van der Waals surface area contributed by atoms with Crippen molar-refractivity contribution in [1.82, 2.24) is 0 Å². The van der Waals surface area contributed by atoms with E-state index in [1.807, 2.05) is 0 Å². The van der Waals surface area contributed by atoms with Gasteiger partial charge in [0.15, 0.2) is 0 Å². The van der Waals surface area contributed by atoms with Gasteiger partial charge >= 0.3 is 0 Å². The Balaban J connectivity index is 2.28. The van der Waals surface area contributed by atoms with E-state index in [-0.39, 0.29) is 0 Å². The summed E-state index contributed by atoms with van der Waals surface area (Å²) in [7, 11) is 0. The standard InChI is InChI=1S/C15H21Br/c1-11(2)9-12-7-8-13-5-3-4-6-15(16)14(13)10-12/h7-8,10-11,15H,3-6,9H2,1-2H3. The smallest absolute Gasteiger partial charge is 0.0398 e. The Morgan fingerprint density at radius 2 is 2.12 bits per heavy atom. The van der Waals surface area contributed by atoms with Crippen LogP contribution in [-0.2, 0) is 12.8 Å². The van der Waals surface area contributed by atoms with Crippen LogP contribution in [0.15, 0.2) is 18.2 Å². The van der Waals surface area contributed by atoms with Crippen molar-refractivity contribution in [1.29, 1.82) is 0 Å². The summed E-state index contributed by atoms with van der Waals surface area (Å²) in [6.45, 7) is 4.58.